The van der Waals surface area contributed by atoms with Crippen LogP contribution in [0.1, 0.15) is 0 Å². The van der Waals surface area contributed by atoms with Gasteiger partial charge in [-0.1, -0.05) is 0 Å². The van der Waals surface area contributed by atoms with Crippen LogP contribution in [0.15, 0.2) is 4.52 Å². The molecule has 0 fully saturated rings. The molecule has 0 radical (unpaired) electrons. The lowest BCUT2D eigenvalue weighted by Gasteiger charge is -1.99. The van der Waals surface area contributed by atoms with Crippen LogP contribution in [0.25, 0.3) is 0 Å². The summed E-state index contributed by atoms with van der Waals surface area (Å²) in [5.74, 6) is 0. The van der Waals surface area contributed by atoms with E-state index in [4.69, 9.17) is 0 Å². The van der Waals surface area contributed by atoms with Gasteiger partial charge in [0.2, 0.25) is 0 Å². The predicted molar refractivity (Wildman–Crippen MR) is 35.7 cm³/mol. The summed E-state index contributed by atoms with van der Waals surface area (Å²) < 4.78 is 26.4. The second kappa shape index (κ2) is 1.93. The van der Waals surface area contributed by atoms with Crippen molar-refractivity contribution in [1.29, 1.82) is 0 Å². The SMILES string of the molecule is CS(=O)(=O)n1oc(=S)s1. The highest BCUT2D eigenvalue weighted by atomic mass is 32.3. The van der Waals surface area contributed by atoms with Gasteiger partial charge >= 0.3 is 0 Å². The lowest BCUT2D eigenvalue weighted by atomic mass is 11.8. The molecule has 52 valence electrons. The zero-order chi connectivity index (χ0) is 7.07. The monoisotopic (exact) mass is 185 g/mol. The molecular formula is C2H3NO3S3. The third-order valence-electron chi connectivity index (χ3n) is 0.569. The van der Waals surface area contributed by atoms with Gasteiger partial charge in [0.05, 0.1) is 6.26 Å². The van der Waals surface area contributed by atoms with E-state index in [0.717, 1.165) is 21.3 Å². The molecule has 1 rings (SSSR count). The molecule has 9 heavy (non-hydrogen) atoms. The van der Waals surface area contributed by atoms with Crippen LogP contribution in [0.2, 0.25) is 0 Å². The van der Waals surface area contributed by atoms with Gasteiger partial charge in [0.15, 0.2) is 0 Å². The minimum absolute atomic E-state index is 0.237. The van der Waals surface area contributed by atoms with Gasteiger partial charge in [0, 0.05) is 11.5 Å². The van der Waals surface area contributed by atoms with Gasteiger partial charge in [-0.25, -0.2) is 8.42 Å². The van der Waals surface area contributed by atoms with Gasteiger partial charge in [-0.3, -0.25) is 0 Å². The van der Waals surface area contributed by atoms with Gasteiger partial charge in [-0.05, 0) is 15.8 Å². The van der Waals surface area contributed by atoms with Crippen molar-refractivity contribution in [3.05, 3.63) is 4.02 Å². The zero-order valence-corrected chi connectivity index (χ0v) is 6.85. The van der Waals surface area contributed by atoms with Gasteiger partial charge < -0.3 is 4.52 Å². The van der Waals surface area contributed by atoms with Crippen LogP contribution in [0.3, 0.4) is 0 Å². The Hall–Kier alpha value is -0.140. The van der Waals surface area contributed by atoms with E-state index in [1.165, 1.54) is 0 Å². The fourth-order valence-corrected chi connectivity index (χ4v) is 2.02. The largest absolute Gasteiger partial charge is 0.330 e. The van der Waals surface area contributed by atoms with Crippen molar-refractivity contribution in [3.8, 4) is 0 Å². The standard InChI is InChI=1S/C2H3NO3S3/c1-9(4,5)3-6-2(7)8-3/h1H3. The number of hydrogen-bond donors (Lipinski definition) is 0. The van der Waals surface area contributed by atoms with Crippen LogP contribution >= 0.6 is 23.8 Å². The first kappa shape index (κ1) is 6.97. The molecule has 0 unspecified atom stereocenters. The van der Waals surface area contributed by atoms with Crippen molar-refractivity contribution < 1.29 is 12.9 Å². The van der Waals surface area contributed by atoms with Gasteiger partial charge in [-0.15, -0.1) is 0 Å². The molecule has 0 amide bonds. The topological polar surface area (TPSA) is 52.2 Å². The molecule has 0 bridgehead atoms. The number of hydrogen-bond acceptors (Lipinski definition) is 5. The Kier molecular flexibility index (Phi) is 1.49. The molecule has 0 N–H and O–H groups in total. The Bertz CT molecular complexity index is 322. The third-order valence-corrected chi connectivity index (χ3v) is 2.97. The Labute approximate surface area is 60.9 Å². The van der Waals surface area contributed by atoms with Crippen molar-refractivity contribution in [3.63, 3.8) is 0 Å². The molecular weight excluding hydrogens is 182 g/mol. The highest BCUT2D eigenvalue weighted by Gasteiger charge is 2.09. The number of rotatable bonds is 1. The first-order valence-electron chi connectivity index (χ1n) is 1.90. The molecule has 0 aromatic carbocycles. The summed E-state index contributed by atoms with van der Waals surface area (Å²) in [6.07, 6.45) is 1.04. The second-order valence-electron chi connectivity index (χ2n) is 1.39. The second-order valence-corrected chi connectivity index (χ2v) is 4.93. The van der Waals surface area contributed by atoms with E-state index in [2.05, 4.69) is 16.7 Å². The third kappa shape index (κ3) is 1.41. The quantitative estimate of drug-likeness (QED) is 0.604. The fourth-order valence-electron chi connectivity index (χ4n) is 0.264. The first-order chi connectivity index (χ1) is 4.00. The summed E-state index contributed by atoms with van der Waals surface area (Å²) in [5.41, 5.74) is 0. The van der Waals surface area contributed by atoms with Crippen LogP contribution in [0.5, 0.6) is 0 Å². The Balaban J connectivity index is 3.14. The van der Waals surface area contributed by atoms with E-state index in [-0.39, 0.29) is 4.02 Å². The molecule has 0 aliphatic rings. The maximum atomic E-state index is 10.5. The summed E-state index contributed by atoms with van der Waals surface area (Å²) in [7, 11) is -3.21. The molecule has 1 aromatic heterocycles. The summed E-state index contributed by atoms with van der Waals surface area (Å²) in [6, 6.07) is 0. The maximum Gasteiger partial charge on any atom is 0.295 e. The average Bonchev–Trinajstić information content (AvgIpc) is 1.55. The normalized spacial score (nSPS) is 12.1. The highest BCUT2D eigenvalue weighted by Crippen LogP contribution is 2.08. The molecule has 0 atom stereocenters. The molecule has 4 nitrogen and oxygen atoms in total. The lowest BCUT2D eigenvalue weighted by Crippen LogP contribution is -2.09. The minimum atomic E-state index is -3.21. The Morgan fingerprint density at radius 1 is 1.78 bits per heavy atom. The first-order valence-corrected chi connectivity index (χ1v) is 4.93. The summed E-state index contributed by atoms with van der Waals surface area (Å²) in [5, 5.41) is 0. The van der Waals surface area contributed by atoms with Crippen molar-refractivity contribution in [2.24, 2.45) is 0 Å². The van der Waals surface area contributed by atoms with Crippen molar-refractivity contribution in [2.75, 3.05) is 6.26 Å². The number of nitrogens with zero attached hydrogens (tertiary/aromatic N) is 1. The molecule has 1 aromatic rings. The van der Waals surface area contributed by atoms with Crippen molar-refractivity contribution >= 4 is 33.8 Å². The molecule has 7 heteroatoms. The summed E-state index contributed by atoms with van der Waals surface area (Å²) in [6.45, 7) is 0. The Morgan fingerprint density at radius 3 is 2.33 bits per heavy atom. The maximum absolute atomic E-state index is 10.5. The molecule has 1 heterocycles. The van der Waals surface area contributed by atoms with Gasteiger partial charge in [0.1, 0.15) is 0 Å². The summed E-state index contributed by atoms with van der Waals surface area (Å²) >= 11 is 5.35. The van der Waals surface area contributed by atoms with Crippen molar-refractivity contribution in [1.82, 2.24) is 3.53 Å². The molecule has 0 aliphatic carbocycles. The predicted octanol–water partition coefficient (Wildman–Crippen LogP) is 0.680. The van der Waals surface area contributed by atoms with E-state index in [1.807, 2.05) is 0 Å². The van der Waals surface area contributed by atoms with E-state index in [9.17, 15) is 8.42 Å². The van der Waals surface area contributed by atoms with E-state index < -0.39 is 10.0 Å². The van der Waals surface area contributed by atoms with Gasteiger partial charge in [0.25, 0.3) is 14.0 Å². The minimum Gasteiger partial charge on any atom is -0.330 e. The number of aromatic nitrogens is 1. The molecule has 0 saturated carbocycles. The van der Waals surface area contributed by atoms with E-state index >= 15 is 0 Å². The Morgan fingerprint density at radius 2 is 2.22 bits per heavy atom. The van der Waals surface area contributed by atoms with E-state index in [1.54, 1.807) is 0 Å². The zero-order valence-electron chi connectivity index (χ0n) is 4.40. The average molecular weight is 185 g/mol. The highest BCUT2D eigenvalue weighted by molar-refractivity contribution is 7.91. The lowest BCUT2D eigenvalue weighted by molar-refractivity contribution is 0.356. The van der Waals surface area contributed by atoms with Gasteiger partial charge in [-0.2, -0.15) is 0 Å². The van der Waals surface area contributed by atoms with Crippen LogP contribution in [-0.4, -0.2) is 18.2 Å². The molecule has 0 saturated heterocycles. The van der Waals surface area contributed by atoms with E-state index in [0.29, 0.717) is 0 Å². The fraction of sp³-hybridized carbons (Fsp3) is 0.500. The molecule has 0 spiro atoms. The van der Waals surface area contributed by atoms with Crippen LogP contribution in [0.4, 0.5) is 0 Å². The van der Waals surface area contributed by atoms with Crippen LogP contribution in [-0.2, 0) is 10.0 Å². The molecule has 0 aliphatic heterocycles. The van der Waals surface area contributed by atoms with Crippen molar-refractivity contribution in [2.45, 2.75) is 0 Å². The van der Waals surface area contributed by atoms with Crippen LogP contribution in [0, 0.1) is 4.02 Å². The van der Waals surface area contributed by atoms with Crippen LogP contribution < -0.4 is 0 Å². The summed E-state index contributed by atoms with van der Waals surface area (Å²) in [4.78, 5) is 0. The smallest absolute Gasteiger partial charge is 0.295 e.